The predicted octanol–water partition coefficient (Wildman–Crippen LogP) is 3.31. The summed E-state index contributed by atoms with van der Waals surface area (Å²) in [6.45, 7) is 12.7. The van der Waals surface area contributed by atoms with Gasteiger partial charge >= 0.3 is 0 Å². The van der Waals surface area contributed by atoms with Gasteiger partial charge in [0.2, 0.25) is 0 Å². The van der Waals surface area contributed by atoms with Crippen molar-refractivity contribution in [3.05, 3.63) is 24.3 Å². The molecule has 0 radical (unpaired) electrons. The summed E-state index contributed by atoms with van der Waals surface area (Å²) in [5, 5.41) is 10.9. The molecule has 1 heteroatoms. The van der Waals surface area contributed by atoms with Gasteiger partial charge in [-0.25, -0.2) is 0 Å². The third-order valence-electron chi connectivity index (χ3n) is 5.96. The summed E-state index contributed by atoms with van der Waals surface area (Å²) in [6.07, 6.45) is 4.26. The van der Waals surface area contributed by atoms with Gasteiger partial charge in [-0.3, -0.25) is 0 Å². The van der Waals surface area contributed by atoms with E-state index in [1.165, 1.54) is 12.0 Å². The first-order valence-electron chi connectivity index (χ1n) is 6.46. The Bertz CT molecular complexity index is 383. The Labute approximate surface area is 98.2 Å². The number of aliphatic hydroxyl groups is 1. The molecule has 0 aromatic heterocycles. The van der Waals surface area contributed by atoms with Crippen LogP contribution in [0.15, 0.2) is 24.3 Å². The molecule has 3 aliphatic carbocycles. The fourth-order valence-corrected chi connectivity index (χ4v) is 5.03. The Balaban J connectivity index is 2.10. The van der Waals surface area contributed by atoms with Gasteiger partial charge in [0.05, 0.1) is 5.60 Å². The molecule has 0 aromatic rings. The molecule has 3 fully saturated rings. The van der Waals surface area contributed by atoms with Gasteiger partial charge in [0.25, 0.3) is 0 Å². The summed E-state index contributed by atoms with van der Waals surface area (Å²) in [4.78, 5) is 0. The zero-order valence-electron chi connectivity index (χ0n) is 10.4. The lowest BCUT2D eigenvalue weighted by molar-refractivity contribution is -0.0461. The van der Waals surface area contributed by atoms with Gasteiger partial charge in [-0.05, 0) is 55.9 Å². The molecular weight excluding hydrogens is 196 g/mol. The number of hydrogen-bond acceptors (Lipinski definition) is 1. The minimum atomic E-state index is -0.571. The van der Waals surface area contributed by atoms with Crippen LogP contribution >= 0.6 is 0 Å². The molecule has 3 saturated carbocycles. The number of allylic oxidation sites excluding steroid dienone is 1. The van der Waals surface area contributed by atoms with E-state index in [4.69, 9.17) is 0 Å². The lowest BCUT2D eigenvalue weighted by Crippen LogP contribution is -2.47. The molecule has 0 saturated heterocycles. The van der Waals surface area contributed by atoms with E-state index < -0.39 is 5.60 Å². The van der Waals surface area contributed by atoms with Crippen LogP contribution in [0, 0.1) is 23.2 Å². The third kappa shape index (κ3) is 0.924. The van der Waals surface area contributed by atoms with Crippen LogP contribution in [0.25, 0.3) is 0 Å². The number of rotatable bonds is 1. The van der Waals surface area contributed by atoms with E-state index in [2.05, 4.69) is 27.0 Å². The highest BCUT2D eigenvalue weighted by Gasteiger charge is 2.68. The van der Waals surface area contributed by atoms with Gasteiger partial charge in [0.1, 0.15) is 0 Å². The van der Waals surface area contributed by atoms with Crippen molar-refractivity contribution >= 4 is 0 Å². The maximum atomic E-state index is 10.9. The van der Waals surface area contributed by atoms with Crippen LogP contribution in [0.5, 0.6) is 0 Å². The molecule has 88 valence electrons. The second kappa shape index (κ2) is 2.81. The highest BCUT2D eigenvalue weighted by Crippen LogP contribution is 2.70. The minimum absolute atomic E-state index is 0.0800. The molecule has 3 aliphatic rings. The van der Waals surface area contributed by atoms with Crippen LogP contribution in [0.3, 0.4) is 0 Å². The van der Waals surface area contributed by atoms with E-state index in [9.17, 15) is 5.11 Å². The van der Waals surface area contributed by atoms with Crippen molar-refractivity contribution in [2.45, 2.75) is 45.1 Å². The van der Waals surface area contributed by atoms with E-state index in [-0.39, 0.29) is 5.41 Å². The fraction of sp³-hybridized carbons (Fsp3) is 0.733. The molecule has 0 heterocycles. The Hall–Kier alpha value is -0.560. The van der Waals surface area contributed by atoms with Crippen LogP contribution in [-0.4, -0.2) is 10.7 Å². The lowest BCUT2D eigenvalue weighted by atomic mass is 9.63. The van der Waals surface area contributed by atoms with E-state index in [0.717, 1.165) is 24.8 Å². The second-order valence-corrected chi connectivity index (χ2v) is 6.55. The zero-order valence-corrected chi connectivity index (χ0v) is 10.4. The molecular formula is C15H22O. The van der Waals surface area contributed by atoms with Crippen LogP contribution < -0.4 is 0 Å². The first-order chi connectivity index (χ1) is 7.40. The SMILES string of the molecule is C=C(C)[C@H]1C[C@]2(C)[C@H]3CC[C@]2(O)C(=C)C[C@@H]13. The first-order valence-corrected chi connectivity index (χ1v) is 6.46. The largest absolute Gasteiger partial charge is 0.385 e. The highest BCUT2D eigenvalue weighted by molar-refractivity contribution is 5.33. The first kappa shape index (κ1) is 10.6. The van der Waals surface area contributed by atoms with Crippen LogP contribution in [0.1, 0.15) is 39.5 Å². The molecule has 4 bridgehead atoms. The average Bonchev–Trinajstić information content (AvgIpc) is 2.53. The Morgan fingerprint density at radius 2 is 2.19 bits per heavy atom. The maximum Gasteiger partial charge on any atom is 0.0910 e. The quantitative estimate of drug-likeness (QED) is 0.669. The van der Waals surface area contributed by atoms with Crippen molar-refractivity contribution in [1.29, 1.82) is 0 Å². The molecule has 0 aromatic carbocycles. The van der Waals surface area contributed by atoms with Crippen molar-refractivity contribution in [2.75, 3.05) is 0 Å². The fourth-order valence-electron chi connectivity index (χ4n) is 5.03. The van der Waals surface area contributed by atoms with E-state index in [0.29, 0.717) is 17.8 Å². The zero-order chi connectivity index (χ0) is 11.7. The van der Waals surface area contributed by atoms with Crippen LogP contribution in [0.4, 0.5) is 0 Å². The van der Waals surface area contributed by atoms with Gasteiger partial charge in [-0.2, -0.15) is 0 Å². The molecule has 0 aliphatic heterocycles. The molecule has 16 heavy (non-hydrogen) atoms. The summed E-state index contributed by atoms with van der Waals surface area (Å²) in [5.74, 6) is 2.02. The Kier molecular flexibility index (Phi) is 1.86. The van der Waals surface area contributed by atoms with Crippen molar-refractivity contribution in [1.82, 2.24) is 0 Å². The number of hydrogen-bond donors (Lipinski definition) is 1. The molecule has 0 unspecified atom stereocenters. The lowest BCUT2D eigenvalue weighted by Gasteiger charge is -2.45. The third-order valence-corrected chi connectivity index (χ3v) is 5.96. The highest BCUT2D eigenvalue weighted by atomic mass is 16.3. The summed E-state index contributed by atoms with van der Waals surface area (Å²) >= 11 is 0. The Morgan fingerprint density at radius 1 is 1.50 bits per heavy atom. The normalized spacial score (nSPS) is 54.4. The molecule has 3 rings (SSSR count). The maximum absolute atomic E-state index is 10.9. The van der Waals surface area contributed by atoms with Crippen molar-refractivity contribution in [2.24, 2.45) is 23.2 Å². The average molecular weight is 218 g/mol. The smallest absolute Gasteiger partial charge is 0.0910 e. The van der Waals surface area contributed by atoms with Crippen molar-refractivity contribution in [3.8, 4) is 0 Å². The van der Waals surface area contributed by atoms with Crippen LogP contribution in [-0.2, 0) is 0 Å². The van der Waals surface area contributed by atoms with E-state index in [1.54, 1.807) is 0 Å². The molecule has 1 nitrogen and oxygen atoms in total. The Morgan fingerprint density at radius 3 is 2.81 bits per heavy atom. The van der Waals surface area contributed by atoms with Gasteiger partial charge in [0, 0.05) is 5.41 Å². The van der Waals surface area contributed by atoms with E-state index >= 15 is 0 Å². The van der Waals surface area contributed by atoms with Crippen LogP contribution in [0.2, 0.25) is 0 Å². The minimum Gasteiger partial charge on any atom is -0.385 e. The summed E-state index contributed by atoms with van der Waals surface area (Å²) in [7, 11) is 0. The molecule has 0 spiro atoms. The summed E-state index contributed by atoms with van der Waals surface area (Å²) in [6, 6.07) is 0. The molecule has 1 N–H and O–H groups in total. The molecule has 5 atom stereocenters. The van der Waals surface area contributed by atoms with Crippen molar-refractivity contribution < 1.29 is 5.11 Å². The van der Waals surface area contributed by atoms with Gasteiger partial charge in [-0.1, -0.05) is 25.7 Å². The van der Waals surface area contributed by atoms with Gasteiger partial charge in [-0.15, -0.1) is 0 Å². The standard InChI is InChI=1S/C15H22O/c1-9(2)12-8-14(4)13-5-6-15(14,16)10(3)7-11(12)13/h11-13,16H,1,3,5-8H2,2,4H3/t11-,12+,13-,14+,15-/m0/s1. The topological polar surface area (TPSA) is 20.2 Å². The molecule has 0 amide bonds. The van der Waals surface area contributed by atoms with Gasteiger partial charge < -0.3 is 5.11 Å². The van der Waals surface area contributed by atoms with E-state index in [1.807, 2.05) is 0 Å². The van der Waals surface area contributed by atoms with Gasteiger partial charge in [0.15, 0.2) is 0 Å². The summed E-state index contributed by atoms with van der Waals surface area (Å²) < 4.78 is 0. The summed E-state index contributed by atoms with van der Waals surface area (Å²) in [5.41, 5.74) is 1.91. The predicted molar refractivity (Wildman–Crippen MR) is 65.9 cm³/mol. The second-order valence-electron chi connectivity index (χ2n) is 6.55. The van der Waals surface area contributed by atoms with Crippen molar-refractivity contribution in [3.63, 3.8) is 0 Å². The monoisotopic (exact) mass is 218 g/mol.